The summed E-state index contributed by atoms with van der Waals surface area (Å²) in [5.74, 6) is 6.16. The normalized spacial score (nSPS) is 11.5. The topological polar surface area (TPSA) is 62.9 Å². The fraction of sp³-hybridized carbons (Fsp3) is 0.500. The van der Waals surface area contributed by atoms with Crippen molar-refractivity contribution in [1.29, 1.82) is 0 Å². The molecular weight excluding hydrogens is 276 g/mol. The second kappa shape index (κ2) is 9.58. The molecule has 0 atom stereocenters. The molecule has 5 nitrogen and oxygen atoms in total. The van der Waals surface area contributed by atoms with E-state index in [9.17, 15) is 0 Å². The summed E-state index contributed by atoms with van der Waals surface area (Å²) in [6, 6.07) is 7.74. The Kier molecular flexibility index (Phi) is 8.02. The van der Waals surface area contributed by atoms with E-state index in [1.54, 1.807) is 0 Å². The van der Waals surface area contributed by atoms with Crippen LogP contribution in [0.1, 0.15) is 18.9 Å². The first-order valence-corrected chi connectivity index (χ1v) is 7.10. The van der Waals surface area contributed by atoms with Crippen molar-refractivity contribution in [2.45, 2.75) is 19.9 Å². The Hall–Kier alpha value is -1.30. The molecule has 0 fully saturated rings. The Morgan fingerprint density at radius 2 is 2.20 bits per heavy atom. The molecule has 0 spiro atoms. The number of hydrogen-bond acceptors (Lipinski definition) is 3. The largest absolute Gasteiger partial charge is 0.382 e. The third-order valence-corrected chi connectivity index (χ3v) is 3.14. The number of guanidine groups is 1. The second-order valence-electron chi connectivity index (χ2n) is 4.35. The molecule has 1 aromatic rings. The van der Waals surface area contributed by atoms with E-state index in [1.165, 1.54) is 0 Å². The second-order valence-corrected chi connectivity index (χ2v) is 4.75. The number of ether oxygens (including phenoxy) is 1. The minimum Gasteiger partial charge on any atom is -0.382 e. The minimum atomic E-state index is 0.640. The molecule has 0 bridgehead atoms. The van der Waals surface area contributed by atoms with Gasteiger partial charge in [-0.05, 0) is 25.0 Å². The van der Waals surface area contributed by atoms with Crippen LogP contribution in [0.5, 0.6) is 0 Å². The maximum absolute atomic E-state index is 6.14. The standard InChI is InChI=1S/C14H23ClN4O/c1-3-20-10-6-9-17-14(18-16)19(2)11-12-7-4-5-8-13(12)15/h4-5,7-8H,3,6,9-11,16H2,1-2H3,(H,17,18). The molecule has 0 saturated carbocycles. The van der Waals surface area contributed by atoms with Gasteiger partial charge in [-0.2, -0.15) is 0 Å². The zero-order valence-corrected chi connectivity index (χ0v) is 12.9. The van der Waals surface area contributed by atoms with Crippen LogP contribution in [0.15, 0.2) is 29.3 Å². The van der Waals surface area contributed by atoms with E-state index in [2.05, 4.69) is 10.4 Å². The van der Waals surface area contributed by atoms with Gasteiger partial charge in [0.05, 0.1) is 0 Å². The van der Waals surface area contributed by atoms with Crippen LogP contribution in [0.3, 0.4) is 0 Å². The molecule has 112 valence electrons. The molecular formula is C14H23ClN4O. The van der Waals surface area contributed by atoms with Crippen molar-refractivity contribution in [2.24, 2.45) is 10.8 Å². The summed E-state index contributed by atoms with van der Waals surface area (Å²) in [7, 11) is 1.92. The van der Waals surface area contributed by atoms with Crippen LogP contribution < -0.4 is 11.3 Å². The first-order chi connectivity index (χ1) is 9.69. The third kappa shape index (κ3) is 5.77. The molecule has 6 heteroatoms. The van der Waals surface area contributed by atoms with Crippen LogP contribution in [0.25, 0.3) is 0 Å². The molecule has 0 aliphatic carbocycles. The lowest BCUT2D eigenvalue weighted by atomic mass is 10.2. The summed E-state index contributed by atoms with van der Waals surface area (Å²) >= 11 is 6.14. The Morgan fingerprint density at radius 1 is 1.45 bits per heavy atom. The summed E-state index contributed by atoms with van der Waals surface area (Å²) in [4.78, 5) is 6.36. The van der Waals surface area contributed by atoms with Gasteiger partial charge >= 0.3 is 0 Å². The van der Waals surface area contributed by atoms with E-state index < -0.39 is 0 Å². The maximum Gasteiger partial charge on any atom is 0.208 e. The van der Waals surface area contributed by atoms with Crippen molar-refractivity contribution < 1.29 is 4.74 Å². The summed E-state index contributed by atoms with van der Waals surface area (Å²) in [6.45, 7) is 4.75. The van der Waals surface area contributed by atoms with Gasteiger partial charge < -0.3 is 9.64 Å². The molecule has 0 aromatic heterocycles. The van der Waals surface area contributed by atoms with Crippen LogP contribution in [-0.4, -0.2) is 37.7 Å². The zero-order chi connectivity index (χ0) is 14.8. The molecule has 0 amide bonds. The Bertz CT molecular complexity index is 425. The molecule has 0 radical (unpaired) electrons. The SMILES string of the molecule is CCOCCCN=C(NN)N(C)Cc1ccccc1Cl. The molecule has 20 heavy (non-hydrogen) atoms. The van der Waals surface area contributed by atoms with Crippen molar-refractivity contribution in [3.63, 3.8) is 0 Å². The lowest BCUT2D eigenvalue weighted by Crippen LogP contribution is -2.42. The Balaban J connectivity index is 2.52. The van der Waals surface area contributed by atoms with E-state index in [0.29, 0.717) is 25.7 Å². The van der Waals surface area contributed by atoms with Gasteiger partial charge in [-0.1, -0.05) is 29.8 Å². The van der Waals surface area contributed by atoms with Crippen molar-refractivity contribution >= 4 is 17.6 Å². The van der Waals surface area contributed by atoms with Crippen molar-refractivity contribution in [3.8, 4) is 0 Å². The predicted molar refractivity (Wildman–Crippen MR) is 83.7 cm³/mol. The number of rotatable bonds is 7. The maximum atomic E-state index is 6.14. The number of benzene rings is 1. The van der Waals surface area contributed by atoms with Crippen LogP contribution in [0.4, 0.5) is 0 Å². The number of aliphatic imine (C=N–C) groups is 1. The summed E-state index contributed by atoms with van der Waals surface area (Å²) in [5.41, 5.74) is 3.66. The number of nitrogens with one attached hydrogen (secondary N) is 1. The number of nitrogens with zero attached hydrogens (tertiary/aromatic N) is 2. The number of nitrogens with two attached hydrogens (primary N) is 1. The lowest BCUT2D eigenvalue weighted by Gasteiger charge is -2.21. The van der Waals surface area contributed by atoms with E-state index in [4.69, 9.17) is 22.2 Å². The summed E-state index contributed by atoms with van der Waals surface area (Å²) < 4.78 is 5.27. The van der Waals surface area contributed by atoms with Gasteiger partial charge in [-0.3, -0.25) is 10.4 Å². The highest BCUT2D eigenvalue weighted by molar-refractivity contribution is 6.31. The fourth-order valence-electron chi connectivity index (χ4n) is 1.73. The van der Waals surface area contributed by atoms with Crippen LogP contribution in [-0.2, 0) is 11.3 Å². The van der Waals surface area contributed by atoms with Gasteiger partial charge in [-0.25, -0.2) is 5.84 Å². The van der Waals surface area contributed by atoms with Crippen LogP contribution in [0.2, 0.25) is 5.02 Å². The number of hydrazine groups is 1. The van der Waals surface area contributed by atoms with Crippen LogP contribution >= 0.6 is 11.6 Å². The average molecular weight is 299 g/mol. The first-order valence-electron chi connectivity index (χ1n) is 6.72. The van der Waals surface area contributed by atoms with E-state index in [-0.39, 0.29) is 0 Å². The minimum absolute atomic E-state index is 0.640. The molecule has 0 aliphatic rings. The third-order valence-electron chi connectivity index (χ3n) is 2.77. The van der Waals surface area contributed by atoms with Gasteiger partial charge in [0.15, 0.2) is 0 Å². The molecule has 3 N–H and O–H groups in total. The monoisotopic (exact) mass is 298 g/mol. The molecule has 1 rings (SSSR count). The van der Waals surface area contributed by atoms with Gasteiger partial charge in [0, 0.05) is 38.4 Å². The molecule has 0 saturated heterocycles. The first kappa shape index (κ1) is 16.8. The summed E-state index contributed by atoms with van der Waals surface area (Å²) in [5, 5.41) is 0.743. The van der Waals surface area contributed by atoms with E-state index >= 15 is 0 Å². The lowest BCUT2D eigenvalue weighted by molar-refractivity contribution is 0.146. The molecule has 0 heterocycles. The molecule has 1 aromatic carbocycles. The van der Waals surface area contributed by atoms with E-state index in [1.807, 2.05) is 43.1 Å². The summed E-state index contributed by atoms with van der Waals surface area (Å²) in [6.07, 6.45) is 0.874. The van der Waals surface area contributed by atoms with Crippen molar-refractivity contribution in [2.75, 3.05) is 26.8 Å². The van der Waals surface area contributed by atoms with Gasteiger partial charge in [-0.15, -0.1) is 0 Å². The van der Waals surface area contributed by atoms with E-state index in [0.717, 1.165) is 23.6 Å². The van der Waals surface area contributed by atoms with Gasteiger partial charge in [0.25, 0.3) is 0 Å². The average Bonchev–Trinajstić information content (AvgIpc) is 2.45. The highest BCUT2D eigenvalue weighted by Crippen LogP contribution is 2.16. The fourth-order valence-corrected chi connectivity index (χ4v) is 1.92. The predicted octanol–water partition coefficient (Wildman–Crippen LogP) is 2.02. The number of hydrogen-bond donors (Lipinski definition) is 2. The van der Waals surface area contributed by atoms with Gasteiger partial charge in [0.1, 0.15) is 0 Å². The molecule has 0 unspecified atom stereocenters. The highest BCUT2D eigenvalue weighted by Gasteiger charge is 2.07. The smallest absolute Gasteiger partial charge is 0.208 e. The molecule has 0 aliphatic heterocycles. The zero-order valence-electron chi connectivity index (χ0n) is 12.1. The van der Waals surface area contributed by atoms with Gasteiger partial charge in [0.2, 0.25) is 5.96 Å². The van der Waals surface area contributed by atoms with Crippen molar-refractivity contribution in [3.05, 3.63) is 34.9 Å². The van der Waals surface area contributed by atoms with Crippen LogP contribution in [0, 0.1) is 0 Å². The quantitative estimate of drug-likeness (QED) is 0.266. The van der Waals surface area contributed by atoms with Crippen molar-refractivity contribution in [1.82, 2.24) is 10.3 Å². The number of halogens is 1. The Morgan fingerprint density at radius 3 is 2.85 bits per heavy atom. The highest BCUT2D eigenvalue weighted by atomic mass is 35.5. The Labute approximate surface area is 125 Å².